The van der Waals surface area contributed by atoms with Crippen molar-refractivity contribution in [1.29, 1.82) is 0 Å². The summed E-state index contributed by atoms with van der Waals surface area (Å²) < 4.78 is 30.9. The largest absolute Gasteiger partial charge is 0.363 e. The van der Waals surface area contributed by atoms with Crippen molar-refractivity contribution in [1.82, 2.24) is 19.6 Å². The summed E-state index contributed by atoms with van der Waals surface area (Å²) >= 11 is 0. The molecule has 24 heavy (non-hydrogen) atoms. The first-order valence-electron chi connectivity index (χ1n) is 8.02. The van der Waals surface area contributed by atoms with Crippen molar-refractivity contribution in [2.24, 2.45) is 0 Å². The number of aromatic nitrogens is 2. The summed E-state index contributed by atoms with van der Waals surface area (Å²) in [7, 11) is -3.22. The molecule has 0 saturated carbocycles. The van der Waals surface area contributed by atoms with Gasteiger partial charge in [-0.05, 0) is 26.2 Å². The van der Waals surface area contributed by atoms with E-state index in [0.29, 0.717) is 38.0 Å². The van der Waals surface area contributed by atoms with Gasteiger partial charge in [0.15, 0.2) is 0 Å². The van der Waals surface area contributed by atoms with Crippen LogP contribution in [0.3, 0.4) is 0 Å². The lowest BCUT2D eigenvalue weighted by Crippen LogP contribution is -2.48. The smallest absolute Gasteiger partial charge is 0.249 e. The molecule has 0 radical (unpaired) electrons. The summed E-state index contributed by atoms with van der Waals surface area (Å²) in [5.74, 6) is -0.186. The number of ether oxygens (including phenoxy) is 1. The highest BCUT2D eigenvalue weighted by atomic mass is 32.2. The molecule has 0 aliphatic carbocycles. The quantitative estimate of drug-likeness (QED) is 0.816. The van der Waals surface area contributed by atoms with Crippen LogP contribution in [0.25, 0.3) is 0 Å². The molecule has 2 saturated heterocycles. The number of amides is 1. The lowest BCUT2D eigenvalue weighted by molar-refractivity contribution is -0.143. The van der Waals surface area contributed by atoms with E-state index in [-0.39, 0.29) is 18.1 Å². The summed E-state index contributed by atoms with van der Waals surface area (Å²) in [6.45, 7) is 2.61. The average Bonchev–Trinajstić information content (AvgIpc) is 2.97. The Hall–Kier alpha value is -1.58. The lowest BCUT2D eigenvalue weighted by Gasteiger charge is -2.34. The molecule has 1 N–H and O–H groups in total. The first-order valence-corrected chi connectivity index (χ1v) is 9.87. The van der Waals surface area contributed by atoms with E-state index in [0.717, 1.165) is 5.69 Å². The number of rotatable bonds is 4. The molecular formula is C15H22N4O4S. The van der Waals surface area contributed by atoms with E-state index in [9.17, 15) is 13.2 Å². The Kier molecular flexibility index (Phi) is 4.84. The van der Waals surface area contributed by atoms with Crippen LogP contribution in [0.15, 0.2) is 12.4 Å². The Balaban J connectivity index is 1.54. The van der Waals surface area contributed by atoms with Crippen LogP contribution in [-0.2, 0) is 26.1 Å². The molecular weight excluding hydrogens is 332 g/mol. The number of nitrogens with zero attached hydrogens (tertiary/aromatic N) is 3. The maximum Gasteiger partial charge on any atom is 0.249 e. The fraction of sp³-hybridized carbons (Fsp3) is 0.667. The van der Waals surface area contributed by atoms with Crippen LogP contribution in [0.2, 0.25) is 0 Å². The molecule has 0 unspecified atom stereocenters. The highest BCUT2D eigenvalue weighted by Gasteiger charge is 2.44. The number of carbonyl (C=O) groups excluding carboxylic acids is 1. The van der Waals surface area contributed by atoms with Gasteiger partial charge in [0.2, 0.25) is 15.9 Å². The molecule has 2 aliphatic rings. The van der Waals surface area contributed by atoms with Gasteiger partial charge in [0.25, 0.3) is 0 Å². The van der Waals surface area contributed by atoms with Gasteiger partial charge < -0.3 is 10.1 Å². The highest BCUT2D eigenvalue weighted by molar-refractivity contribution is 7.88. The van der Waals surface area contributed by atoms with Gasteiger partial charge in [-0.1, -0.05) is 0 Å². The number of nitrogens with one attached hydrogen (secondary N) is 1. The third-order valence-corrected chi connectivity index (χ3v) is 5.80. The van der Waals surface area contributed by atoms with Crippen LogP contribution < -0.4 is 5.32 Å². The first kappa shape index (κ1) is 17.2. The normalized spacial score (nSPS) is 27.7. The van der Waals surface area contributed by atoms with Crippen LogP contribution in [0.4, 0.5) is 0 Å². The number of hydrogen-bond donors (Lipinski definition) is 1. The molecule has 1 aromatic rings. The molecule has 0 bridgehead atoms. The van der Waals surface area contributed by atoms with Crippen molar-refractivity contribution in [2.45, 2.75) is 51.0 Å². The third-order valence-electron chi connectivity index (χ3n) is 4.49. The standard InChI is InChI=1S/C15H22N4O4S/c1-10-7-17-11(8-16-10)9-18-15(20)14-4-3-12-13(23-14)5-6-19(12)24(2,21)22/h7-8,12-14H,3-6,9H2,1-2H3,(H,18,20)/t12-,13-,14+/m1/s1. The maximum absolute atomic E-state index is 12.3. The van der Waals surface area contributed by atoms with Crippen molar-refractivity contribution in [3.8, 4) is 0 Å². The van der Waals surface area contributed by atoms with Gasteiger partial charge >= 0.3 is 0 Å². The highest BCUT2D eigenvalue weighted by Crippen LogP contribution is 2.32. The van der Waals surface area contributed by atoms with Crippen molar-refractivity contribution in [2.75, 3.05) is 12.8 Å². The van der Waals surface area contributed by atoms with Crippen LogP contribution in [0, 0.1) is 6.92 Å². The van der Waals surface area contributed by atoms with Gasteiger partial charge in [0.1, 0.15) is 6.10 Å². The second-order valence-corrected chi connectivity index (χ2v) is 8.27. The Bertz CT molecular complexity index is 707. The topological polar surface area (TPSA) is 101 Å². The van der Waals surface area contributed by atoms with E-state index >= 15 is 0 Å². The minimum atomic E-state index is -3.22. The molecule has 3 rings (SSSR count). The predicted molar refractivity (Wildman–Crippen MR) is 86.5 cm³/mol. The number of sulfonamides is 1. The summed E-state index contributed by atoms with van der Waals surface area (Å²) in [5.41, 5.74) is 1.51. The monoisotopic (exact) mass is 354 g/mol. The van der Waals surface area contributed by atoms with Crippen LogP contribution >= 0.6 is 0 Å². The minimum Gasteiger partial charge on any atom is -0.363 e. The van der Waals surface area contributed by atoms with Gasteiger partial charge in [0.05, 0.1) is 42.5 Å². The molecule has 2 aliphatic heterocycles. The van der Waals surface area contributed by atoms with Crippen molar-refractivity contribution in [3.05, 3.63) is 23.8 Å². The minimum absolute atomic E-state index is 0.146. The Morgan fingerprint density at radius 1 is 1.33 bits per heavy atom. The van der Waals surface area contributed by atoms with E-state index in [1.165, 1.54) is 10.6 Å². The Morgan fingerprint density at radius 2 is 2.12 bits per heavy atom. The van der Waals surface area contributed by atoms with E-state index in [2.05, 4.69) is 15.3 Å². The number of hydrogen-bond acceptors (Lipinski definition) is 6. The Morgan fingerprint density at radius 3 is 2.79 bits per heavy atom. The molecule has 1 amide bonds. The number of aryl methyl sites for hydroxylation is 1. The zero-order valence-corrected chi connectivity index (χ0v) is 14.6. The van der Waals surface area contributed by atoms with Crippen molar-refractivity contribution < 1.29 is 17.9 Å². The fourth-order valence-corrected chi connectivity index (χ4v) is 4.46. The number of fused-ring (bicyclic) bond motifs is 1. The summed E-state index contributed by atoms with van der Waals surface area (Å²) in [4.78, 5) is 20.6. The summed E-state index contributed by atoms with van der Waals surface area (Å²) in [5, 5.41) is 2.81. The predicted octanol–water partition coefficient (Wildman–Crippen LogP) is -0.0173. The van der Waals surface area contributed by atoms with E-state index in [1.807, 2.05) is 6.92 Å². The maximum atomic E-state index is 12.3. The fourth-order valence-electron chi connectivity index (χ4n) is 3.29. The van der Waals surface area contributed by atoms with Crippen molar-refractivity contribution in [3.63, 3.8) is 0 Å². The second kappa shape index (κ2) is 6.73. The Labute approximate surface area is 141 Å². The molecule has 1 aromatic heterocycles. The number of carbonyl (C=O) groups is 1. The van der Waals surface area contributed by atoms with Gasteiger partial charge in [-0.25, -0.2) is 8.42 Å². The molecule has 2 fully saturated rings. The first-order chi connectivity index (χ1) is 11.3. The molecule has 9 heteroatoms. The van der Waals surface area contributed by atoms with Crippen LogP contribution in [-0.4, -0.2) is 59.6 Å². The van der Waals surface area contributed by atoms with Gasteiger partial charge in [-0.15, -0.1) is 0 Å². The molecule has 0 aromatic carbocycles. The van der Waals surface area contributed by atoms with E-state index < -0.39 is 16.1 Å². The summed E-state index contributed by atoms with van der Waals surface area (Å²) in [6.07, 6.45) is 5.55. The van der Waals surface area contributed by atoms with E-state index in [4.69, 9.17) is 4.74 Å². The van der Waals surface area contributed by atoms with Crippen LogP contribution in [0.1, 0.15) is 30.7 Å². The lowest BCUT2D eigenvalue weighted by atomic mass is 9.99. The molecule has 0 spiro atoms. The van der Waals surface area contributed by atoms with E-state index in [1.54, 1.807) is 12.4 Å². The van der Waals surface area contributed by atoms with Crippen molar-refractivity contribution >= 4 is 15.9 Å². The zero-order chi connectivity index (χ0) is 17.3. The van der Waals surface area contributed by atoms with Gasteiger partial charge in [-0.2, -0.15) is 4.31 Å². The summed E-state index contributed by atoms with van der Waals surface area (Å²) in [6, 6.07) is -0.146. The SMILES string of the molecule is Cc1cnc(CNC(=O)[C@@H]2CC[C@@H]3[C@@H](CCN3S(C)(=O)=O)O2)cn1. The third kappa shape index (κ3) is 3.73. The van der Waals surface area contributed by atoms with Gasteiger partial charge in [-0.3, -0.25) is 14.8 Å². The van der Waals surface area contributed by atoms with Crippen LogP contribution in [0.5, 0.6) is 0 Å². The molecule has 3 atom stereocenters. The molecule has 8 nitrogen and oxygen atoms in total. The average molecular weight is 354 g/mol. The molecule has 3 heterocycles. The van der Waals surface area contributed by atoms with Gasteiger partial charge in [0, 0.05) is 12.7 Å². The molecule has 132 valence electrons. The second-order valence-electron chi connectivity index (χ2n) is 6.34. The zero-order valence-electron chi connectivity index (χ0n) is 13.8.